The molecule has 0 saturated carbocycles. The zero-order valence-corrected chi connectivity index (χ0v) is 14.7. The van der Waals surface area contributed by atoms with E-state index in [1.165, 1.54) is 0 Å². The number of nitrogens with one attached hydrogen (secondary N) is 2. The Hall–Kier alpha value is -3.02. The molecule has 0 unspecified atom stereocenters. The van der Waals surface area contributed by atoms with Gasteiger partial charge in [-0.05, 0) is 30.7 Å². The number of amides is 2. The van der Waals surface area contributed by atoms with Gasteiger partial charge >= 0.3 is 11.8 Å². The fourth-order valence-corrected chi connectivity index (χ4v) is 2.35. The van der Waals surface area contributed by atoms with E-state index in [4.69, 9.17) is 4.74 Å². The molecule has 25 heavy (non-hydrogen) atoms. The Morgan fingerprint density at radius 3 is 2.56 bits per heavy atom. The second kappa shape index (κ2) is 8.73. The SMILES string of the molecule is CCN(C)c1ccccc1CNC(=O)C(=O)Nc1cccc(OC)c1. The molecule has 0 aliphatic rings. The molecular weight excluding hydrogens is 318 g/mol. The van der Waals surface area contributed by atoms with E-state index in [-0.39, 0.29) is 6.54 Å². The van der Waals surface area contributed by atoms with Crippen molar-refractivity contribution in [1.82, 2.24) is 5.32 Å². The van der Waals surface area contributed by atoms with Crippen LogP contribution in [0.4, 0.5) is 11.4 Å². The summed E-state index contributed by atoms with van der Waals surface area (Å²) in [5, 5.41) is 5.22. The lowest BCUT2D eigenvalue weighted by Gasteiger charge is -2.20. The van der Waals surface area contributed by atoms with Crippen LogP contribution in [0.5, 0.6) is 5.75 Å². The molecule has 0 radical (unpaired) electrons. The first kappa shape index (κ1) is 18.3. The maximum atomic E-state index is 12.1. The molecule has 2 N–H and O–H groups in total. The first-order chi connectivity index (χ1) is 12.0. The van der Waals surface area contributed by atoms with Gasteiger partial charge in [-0.3, -0.25) is 9.59 Å². The van der Waals surface area contributed by atoms with Crippen LogP contribution in [0.15, 0.2) is 48.5 Å². The summed E-state index contributed by atoms with van der Waals surface area (Å²) in [4.78, 5) is 26.2. The lowest BCUT2D eigenvalue weighted by Crippen LogP contribution is -2.35. The predicted octanol–water partition coefficient (Wildman–Crippen LogP) is 2.41. The van der Waals surface area contributed by atoms with Gasteiger partial charge in [-0.1, -0.05) is 24.3 Å². The molecule has 0 heterocycles. The number of methoxy groups -OCH3 is 1. The van der Waals surface area contributed by atoms with Crippen molar-refractivity contribution < 1.29 is 14.3 Å². The molecule has 6 nitrogen and oxygen atoms in total. The van der Waals surface area contributed by atoms with Crippen molar-refractivity contribution >= 4 is 23.2 Å². The quantitative estimate of drug-likeness (QED) is 0.792. The number of benzene rings is 2. The fraction of sp³-hybridized carbons (Fsp3) is 0.263. The highest BCUT2D eigenvalue weighted by atomic mass is 16.5. The van der Waals surface area contributed by atoms with E-state index in [0.29, 0.717) is 11.4 Å². The third-order valence-electron chi connectivity index (χ3n) is 3.85. The molecule has 0 spiro atoms. The molecule has 132 valence electrons. The van der Waals surface area contributed by atoms with Gasteiger partial charge in [0.2, 0.25) is 0 Å². The summed E-state index contributed by atoms with van der Waals surface area (Å²) in [6.07, 6.45) is 0. The molecule has 0 fully saturated rings. The van der Waals surface area contributed by atoms with Crippen LogP contribution in [0.25, 0.3) is 0 Å². The predicted molar refractivity (Wildman–Crippen MR) is 98.9 cm³/mol. The highest BCUT2D eigenvalue weighted by molar-refractivity contribution is 6.39. The van der Waals surface area contributed by atoms with Crippen LogP contribution in [0.3, 0.4) is 0 Å². The second-order valence-corrected chi connectivity index (χ2v) is 5.51. The van der Waals surface area contributed by atoms with Gasteiger partial charge in [0.25, 0.3) is 0 Å². The van der Waals surface area contributed by atoms with E-state index in [1.807, 2.05) is 31.3 Å². The Labute approximate surface area is 147 Å². The maximum Gasteiger partial charge on any atom is 0.313 e. The first-order valence-corrected chi connectivity index (χ1v) is 8.07. The minimum atomic E-state index is -0.713. The van der Waals surface area contributed by atoms with Crippen LogP contribution >= 0.6 is 0 Å². The lowest BCUT2D eigenvalue weighted by atomic mass is 10.1. The summed E-state index contributed by atoms with van der Waals surface area (Å²) >= 11 is 0. The van der Waals surface area contributed by atoms with Gasteiger partial charge in [-0.25, -0.2) is 0 Å². The number of rotatable bonds is 6. The van der Waals surface area contributed by atoms with Gasteiger partial charge in [-0.2, -0.15) is 0 Å². The van der Waals surface area contributed by atoms with Gasteiger partial charge < -0.3 is 20.3 Å². The Kier molecular flexibility index (Phi) is 6.39. The lowest BCUT2D eigenvalue weighted by molar-refractivity contribution is -0.136. The molecule has 2 aromatic carbocycles. The van der Waals surface area contributed by atoms with Crippen molar-refractivity contribution in [2.24, 2.45) is 0 Å². The largest absolute Gasteiger partial charge is 0.497 e. The smallest absolute Gasteiger partial charge is 0.313 e. The number of anilines is 2. The van der Waals surface area contributed by atoms with Crippen LogP contribution in [0.2, 0.25) is 0 Å². The van der Waals surface area contributed by atoms with E-state index in [1.54, 1.807) is 31.4 Å². The number of hydrogen-bond acceptors (Lipinski definition) is 4. The summed E-state index contributed by atoms with van der Waals surface area (Å²) < 4.78 is 5.09. The molecule has 0 aromatic heterocycles. The summed E-state index contributed by atoms with van der Waals surface area (Å²) in [6.45, 7) is 3.18. The van der Waals surface area contributed by atoms with Crippen LogP contribution in [-0.2, 0) is 16.1 Å². The van der Waals surface area contributed by atoms with Crippen molar-refractivity contribution in [1.29, 1.82) is 0 Å². The van der Waals surface area contributed by atoms with E-state index in [0.717, 1.165) is 17.8 Å². The molecule has 0 aliphatic carbocycles. The second-order valence-electron chi connectivity index (χ2n) is 5.51. The third kappa shape index (κ3) is 4.97. The number of carbonyl (C=O) groups is 2. The van der Waals surface area contributed by atoms with Crippen molar-refractivity contribution in [3.63, 3.8) is 0 Å². The van der Waals surface area contributed by atoms with Crippen molar-refractivity contribution in [3.8, 4) is 5.75 Å². The third-order valence-corrected chi connectivity index (χ3v) is 3.85. The maximum absolute atomic E-state index is 12.1. The molecule has 6 heteroatoms. The zero-order chi connectivity index (χ0) is 18.2. The number of para-hydroxylation sites is 1. The zero-order valence-electron chi connectivity index (χ0n) is 14.7. The summed E-state index contributed by atoms with van der Waals surface area (Å²) in [5.74, 6) is -0.791. The Balaban J connectivity index is 1.97. The van der Waals surface area contributed by atoms with E-state index in [2.05, 4.69) is 22.5 Å². The topological polar surface area (TPSA) is 70.7 Å². The van der Waals surface area contributed by atoms with E-state index in [9.17, 15) is 9.59 Å². The number of nitrogens with zero attached hydrogens (tertiary/aromatic N) is 1. The molecule has 0 bridgehead atoms. The number of hydrogen-bond donors (Lipinski definition) is 2. The highest BCUT2D eigenvalue weighted by Gasteiger charge is 2.15. The first-order valence-electron chi connectivity index (χ1n) is 8.07. The number of carbonyl (C=O) groups excluding carboxylic acids is 2. The average molecular weight is 341 g/mol. The summed E-state index contributed by atoms with van der Waals surface area (Å²) in [5.41, 5.74) is 2.48. The van der Waals surface area contributed by atoms with Crippen molar-refractivity contribution in [3.05, 3.63) is 54.1 Å². The molecule has 0 aliphatic heterocycles. The average Bonchev–Trinajstić information content (AvgIpc) is 2.65. The summed E-state index contributed by atoms with van der Waals surface area (Å²) in [6, 6.07) is 14.6. The van der Waals surface area contributed by atoms with Gasteiger partial charge in [-0.15, -0.1) is 0 Å². The normalized spacial score (nSPS) is 10.0. The fourth-order valence-electron chi connectivity index (χ4n) is 2.35. The van der Waals surface area contributed by atoms with E-state index >= 15 is 0 Å². The van der Waals surface area contributed by atoms with Crippen molar-refractivity contribution in [2.45, 2.75) is 13.5 Å². The molecular formula is C19H23N3O3. The minimum Gasteiger partial charge on any atom is -0.497 e. The molecule has 2 amide bonds. The molecule has 0 saturated heterocycles. The minimum absolute atomic E-state index is 0.283. The van der Waals surface area contributed by atoms with Crippen LogP contribution in [-0.4, -0.2) is 32.5 Å². The van der Waals surface area contributed by atoms with Gasteiger partial charge in [0.1, 0.15) is 5.75 Å². The molecule has 2 aromatic rings. The monoisotopic (exact) mass is 341 g/mol. The van der Waals surface area contributed by atoms with Crippen molar-refractivity contribution in [2.75, 3.05) is 30.9 Å². The van der Waals surface area contributed by atoms with Gasteiger partial charge in [0.05, 0.1) is 7.11 Å². The highest BCUT2D eigenvalue weighted by Crippen LogP contribution is 2.19. The Morgan fingerprint density at radius 1 is 1.08 bits per heavy atom. The van der Waals surface area contributed by atoms with Crippen LogP contribution < -0.4 is 20.3 Å². The standard InChI is InChI=1S/C19H23N3O3/c1-4-22(2)17-11-6-5-8-14(17)13-20-18(23)19(24)21-15-9-7-10-16(12-15)25-3/h5-12H,4,13H2,1-3H3,(H,20,23)(H,21,24). The van der Waals surface area contributed by atoms with Gasteiger partial charge in [0, 0.05) is 37.6 Å². The molecule has 2 rings (SSSR count). The van der Waals surface area contributed by atoms with Gasteiger partial charge in [0.15, 0.2) is 0 Å². The Bertz CT molecular complexity index is 746. The molecule has 0 atom stereocenters. The van der Waals surface area contributed by atoms with E-state index < -0.39 is 11.8 Å². The Morgan fingerprint density at radius 2 is 1.84 bits per heavy atom. The van der Waals surface area contributed by atoms with Crippen LogP contribution in [0, 0.1) is 0 Å². The summed E-state index contributed by atoms with van der Waals surface area (Å²) in [7, 11) is 3.52. The number of ether oxygens (including phenoxy) is 1. The van der Waals surface area contributed by atoms with Crippen LogP contribution in [0.1, 0.15) is 12.5 Å².